The Morgan fingerprint density at radius 3 is 3.06 bits per heavy atom. The summed E-state index contributed by atoms with van der Waals surface area (Å²) in [5.41, 5.74) is 2.31. The van der Waals surface area contributed by atoms with Crippen molar-refractivity contribution in [1.29, 1.82) is 0 Å². The topological polar surface area (TPSA) is 16.1 Å². The van der Waals surface area contributed by atoms with Crippen molar-refractivity contribution in [2.45, 2.75) is 25.8 Å². The molecule has 0 bridgehead atoms. The molecule has 18 heavy (non-hydrogen) atoms. The van der Waals surface area contributed by atoms with Crippen LogP contribution in [0.1, 0.15) is 18.4 Å². The molecule has 0 amide bonds. The van der Waals surface area contributed by atoms with E-state index in [-0.39, 0.29) is 0 Å². The Balaban J connectivity index is 2.08. The van der Waals surface area contributed by atoms with Crippen LogP contribution in [-0.4, -0.2) is 23.5 Å². The monoisotopic (exact) mass is 260 g/mol. The van der Waals surface area contributed by atoms with Gasteiger partial charge in [0.25, 0.3) is 0 Å². The number of pyridine rings is 1. The van der Waals surface area contributed by atoms with E-state index in [0.717, 1.165) is 17.9 Å². The summed E-state index contributed by atoms with van der Waals surface area (Å²) in [5.74, 6) is 1.80. The quantitative estimate of drug-likeness (QED) is 0.765. The molecule has 2 aromatic rings. The van der Waals surface area contributed by atoms with E-state index in [2.05, 4.69) is 36.1 Å². The molecule has 0 aliphatic carbocycles. The van der Waals surface area contributed by atoms with Gasteiger partial charge >= 0.3 is 0 Å². The molecule has 94 valence electrons. The SMILES string of the molecule is Cc1cc2ccccc2nc1N1CCCC1CCl. The first-order valence-electron chi connectivity index (χ1n) is 6.48. The molecule has 0 radical (unpaired) electrons. The van der Waals surface area contributed by atoms with Gasteiger partial charge in [-0.2, -0.15) is 0 Å². The van der Waals surface area contributed by atoms with Crippen molar-refractivity contribution in [3.05, 3.63) is 35.9 Å². The van der Waals surface area contributed by atoms with Crippen LogP contribution in [0.3, 0.4) is 0 Å². The number of alkyl halides is 1. The average Bonchev–Trinajstić information content (AvgIpc) is 2.86. The largest absolute Gasteiger partial charge is 0.352 e. The number of anilines is 1. The molecule has 1 aliphatic heterocycles. The normalized spacial score (nSPS) is 19.7. The molecule has 2 nitrogen and oxygen atoms in total. The summed E-state index contributed by atoms with van der Waals surface area (Å²) in [7, 11) is 0. The first-order valence-corrected chi connectivity index (χ1v) is 7.02. The van der Waals surface area contributed by atoms with Crippen LogP contribution in [0.5, 0.6) is 0 Å². The summed E-state index contributed by atoms with van der Waals surface area (Å²) in [6.45, 7) is 3.21. The van der Waals surface area contributed by atoms with Crippen molar-refractivity contribution < 1.29 is 0 Å². The lowest BCUT2D eigenvalue weighted by atomic mass is 10.1. The van der Waals surface area contributed by atoms with Gasteiger partial charge in [-0.1, -0.05) is 18.2 Å². The molecule has 1 aromatic carbocycles. The third-order valence-corrected chi connectivity index (χ3v) is 4.07. The van der Waals surface area contributed by atoms with Gasteiger partial charge in [0.2, 0.25) is 0 Å². The highest BCUT2D eigenvalue weighted by Gasteiger charge is 2.26. The molecule has 1 fully saturated rings. The van der Waals surface area contributed by atoms with Crippen LogP contribution in [0.15, 0.2) is 30.3 Å². The number of nitrogens with zero attached hydrogens (tertiary/aromatic N) is 2. The van der Waals surface area contributed by atoms with E-state index in [1.807, 2.05) is 6.07 Å². The summed E-state index contributed by atoms with van der Waals surface area (Å²) in [6.07, 6.45) is 2.39. The maximum atomic E-state index is 6.05. The van der Waals surface area contributed by atoms with Gasteiger partial charge in [-0.05, 0) is 37.5 Å². The van der Waals surface area contributed by atoms with Gasteiger partial charge in [0.1, 0.15) is 5.82 Å². The van der Waals surface area contributed by atoms with Gasteiger partial charge in [0.05, 0.1) is 5.52 Å². The zero-order valence-electron chi connectivity index (χ0n) is 10.6. The number of hydrogen-bond acceptors (Lipinski definition) is 2. The Morgan fingerprint density at radius 1 is 1.39 bits per heavy atom. The lowest BCUT2D eigenvalue weighted by molar-refractivity contribution is 0.733. The van der Waals surface area contributed by atoms with E-state index >= 15 is 0 Å². The summed E-state index contributed by atoms with van der Waals surface area (Å²) < 4.78 is 0. The van der Waals surface area contributed by atoms with Gasteiger partial charge < -0.3 is 4.90 Å². The molecule has 3 heteroatoms. The summed E-state index contributed by atoms with van der Waals surface area (Å²) in [6, 6.07) is 10.9. The fourth-order valence-electron chi connectivity index (χ4n) is 2.78. The predicted octanol–water partition coefficient (Wildman–Crippen LogP) is 3.75. The zero-order chi connectivity index (χ0) is 12.5. The molecule has 1 unspecified atom stereocenters. The Kier molecular flexibility index (Phi) is 3.13. The van der Waals surface area contributed by atoms with Gasteiger partial charge in [0.15, 0.2) is 0 Å². The Labute approximate surface area is 113 Å². The maximum Gasteiger partial charge on any atom is 0.132 e. The van der Waals surface area contributed by atoms with E-state index in [9.17, 15) is 0 Å². The highest BCUT2D eigenvalue weighted by molar-refractivity contribution is 6.18. The lowest BCUT2D eigenvalue weighted by Gasteiger charge is -2.26. The fraction of sp³-hybridized carbons (Fsp3) is 0.400. The Morgan fingerprint density at radius 2 is 2.22 bits per heavy atom. The third kappa shape index (κ3) is 1.95. The van der Waals surface area contributed by atoms with Crippen molar-refractivity contribution in [2.24, 2.45) is 0 Å². The van der Waals surface area contributed by atoms with E-state index < -0.39 is 0 Å². The molecule has 0 spiro atoms. The van der Waals surface area contributed by atoms with Crippen molar-refractivity contribution in [1.82, 2.24) is 4.98 Å². The fourth-order valence-corrected chi connectivity index (χ4v) is 3.10. The van der Waals surface area contributed by atoms with Crippen LogP contribution in [0.2, 0.25) is 0 Å². The number of benzene rings is 1. The number of aromatic nitrogens is 1. The van der Waals surface area contributed by atoms with Crippen molar-refractivity contribution in [2.75, 3.05) is 17.3 Å². The Hall–Kier alpha value is -1.28. The van der Waals surface area contributed by atoms with Gasteiger partial charge in [0, 0.05) is 23.9 Å². The van der Waals surface area contributed by atoms with Gasteiger partial charge in [-0.15, -0.1) is 11.6 Å². The van der Waals surface area contributed by atoms with Gasteiger partial charge in [-0.25, -0.2) is 4.98 Å². The molecular formula is C15H17ClN2. The van der Waals surface area contributed by atoms with E-state index in [1.165, 1.54) is 23.8 Å². The van der Waals surface area contributed by atoms with Gasteiger partial charge in [-0.3, -0.25) is 0 Å². The second-order valence-corrected chi connectivity index (χ2v) is 5.27. The second kappa shape index (κ2) is 4.77. The number of halogens is 1. The molecule has 3 rings (SSSR count). The summed E-state index contributed by atoms with van der Waals surface area (Å²) >= 11 is 6.05. The van der Waals surface area contributed by atoms with Crippen LogP contribution in [0, 0.1) is 6.92 Å². The predicted molar refractivity (Wildman–Crippen MR) is 77.6 cm³/mol. The van der Waals surface area contributed by atoms with Crippen LogP contribution >= 0.6 is 11.6 Å². The van der Waals surface area contributed by atoms with Crippen LogP contribution in [0.25, 0.3) is 10.9 Å². The number of fused-ring (bicyclic) bond motifs is 1. The zero-order valence-corrected chi connectivity index (χ0v) is 11.3. The molecule has 1 atom stereocenters. The number of aryl methyl sites for hydroxylation is 1. The highest BCUT2D eigenvalue weighted by Crippen LogP contribution is 2.29. The molecule has 0 saturated carbocycles. The minimum Gasteiger partial charge on any atom is -0.352 e. The van der Waals surface area contributed by atoms with Crippen LogP contribution in [-0.2, 0) is 0 Å². The average molecular weight is 261 g/mol. The standard InChI is InChI=1S/C15H17ClN2/c1-11-9-12-5-2-3-7-14(12)17-15(11)18-8-4-6-13(18)10-16/h2-3,5,7,9,13H,4,6,8,10H2,1H3. The molecular weight excluding hydrogens is 244 g/mol. The third-order valence-electron chi connectivity index (χ3n) is 3.72. The minimum absolute atomic E-state index is 0.444. The van der Waals surface area contributed by atoms with E-state index in [4.69, 9.17) is 16.6 Å². The molecule has 1 aliphatic rings. The maximum absolute atomic E-state index is 6.05. The van der Waals surface area contributed by atoms with Crippen molar-refractivity contribution >= 4 is 28.3 Å². The molecule has 2 heterocycles. The van der Waals surface area contributed by atoms with E-state index in [1.54, 1.807) is 0 Å². The lowest BCUT2D eigenvalue weighted by Crippen LogP contribution is -2.31. The van der Waals surface area contributed by atoms with E-state index in [0.29, 0.717) is 11.9 Å². The number of rotatable bonds is 2. The minimum atomic E-state index is 0.444. The Bertz CT molecular complexity index is 567. The summed E-state index contributed by atoms with van der Waals surface area (Å²) in [5, 5.41) is 1.21. The highest BCUT2D eigenvalue weighted by atomic mass is 35.5. The number of para-hydroxylation sites is 1. The molecule has 1 aromatic heterocycles. The van der Waals surface area contributed by atoms with Crippen LogP contribution in [0.4, 0.5) is 5.82 Å². The second-order valence-electron chi connectivity index (χ2n) is 4.97. The molecule has 0 N–H and O–H groups in total. The first kappa shape index (κ1) is 11.8. The number of hydrogen-bond donors (Lipinski definition) is 0. The van der Waals surface area contributed by atoms with Crippen LogP contribution < -0.4 is 4.90 Å². The molecule has 1 saturated heterocycles. The first-order chi connectivity index (χ1) is 8.79. The van der Waals surface area contributed by atoms with Crippen molar-refractivity contribution in [3.8, 4) is 0 Å². The summed E-state index contributed by atoms with van der Waals surface area (Å²) in [4.78, 5) is 7.19. The van der Waals surface area contributed by atoms with Crippen molar-refractivity contribution in [3.63, 3.8) is 0 Å². The smallest absolute Gasteiger partial charge is 0.132 e.